The monoisotopic (exact) mass is 316 g/mol. The molecular formula is C14H12N4O3S. The van der Waals surface area contributed by atoms with E-state index in [-0.39, 0.29) is 28.8 Å². The normalized spacial score (nSPS) is 19.1. The van der Waals surface area contributed by atoms with E-state index in [0.29, 0.717) is 18.7 Å². The van der Waals surface area contributed by atoms with Gasteiger partial charge in [0.15, 0.2) is 0 Å². The van der Waals surface area contributed by atoms with Gasteiger partial charge in [0.1, 0.15) is 0 Å². The van der Waals surface area contributed by atoms with E-state index in [0.717, 1.165) is 22.8 Å². The summed E-state index contributed by atoms with van der Waals surface area (Å²) >= 11 is 1.02. The molecule has 1 N–H and O–H groups in total. The molecule has 2 aromatic rings. The standard InChI is InChI=1S/C14H12N4O3S/c19-12-6-22-14(21)18(12)9-4-17(5-9)13(20)8-1-2-10-11(3-8)16-7-15-10/h1-3,7,9H,4-6H2,(H,15,16). The molecule has 2 aliphatic heterocycles. The van der Waals surface area contributed by atoms with Gasteiger partial charge in [0.05, 0.1) is 29.2 Å². The Labute approximate surface area is 129 Å². The molecule has 3 amide bonds. The topological polar surface area (TPSA) is 86.4 Å². The van der Waals surface area contributed by atoms with Crippen LogP contribution in [0.5, 0.6) is 0 Å². The number of hydrogen-bond donors (Lipinski definition) is 1. The summed E-state index contributed by atoms with van der Waals surface area (Å²) in [5, 5.41) is -0.207. The third-order valence-electron chi connectivity index (χ3n) is 3.97. The molecule has 2 fully saturated rings. The number of rotatable bonds is 2. The molecular weight excluding hydrogens is 304 g/mol. The van der Waals surface area contributed by atoms with Gasteiger partial charge in [-0.25, -0.2) is 4.98 Å². The fourth-order valence-electron chi connectivity index (χ4n) is 2.75. The Morgan fingerprint density at radius 1 is 1.32 bits per heavy atom. The van der Waals surface area contributed by atoms with E-state index < -0.39 is 0 Å². The second-order valence-corrected chi connectivity index (χ2v) is 6.24. The van der Waals surface area contributed by atoms with Crippen molar-refractivity contribution in [2.45, 2.75) is 6.04 Å². The molecule has 0 unspecified atom stereocenters. The van der Waals surface area contributed by atoms with E-state index in [1.165, 1.54) is 4.90 Å². The molecule has 0 bridgehead atoms. The van der Waals surface area contributed by atoms with Gasteiger partial charge in [0.25, 0.3) is 11.1 Å². The highest BCUT2D eigenvalue weighted by Crippen LogP contribution is 2.27. The first-order chi connectivity index (χ1) is 10.6. The smallest absolute Gasteiger partial charge is 0.289 e. The molecule has 3 heterocycles. The van der Waals surface area contributed by atoms with E-state index in [1.807, 2.05) is 0 Å². The van der Waals surface area contributed by atoms with Gasteiger partial charge in [0, 0.05) is 18.7 Å². The maximum atomic E-state index is 12.4. The molecule has 8 heteroatoms. The Morgan fingerprint density at radius 3 is 2.86 bits per heavy atom. The highest BCUT2D eigenvalue weighted by Gasteiger charge is 2.43. The number of amides is 3. The predicted octanol–water partition coefficient (Wildman–Crippen LogP) is 1.08. The van der Waals surface area contributed by atoms with E-state index in [1.54, 1.807) is 29.4 Å². The summed E-state index contributed by atoms with van der Waals surface area (Å²) in [5.41, 5.74) is 2.19. The Kier molecular flexibility index (Phi) is 2.93. The number of nitrogens with zero attached hydrogens (tertiary/aromatic N) is 3. The Morgan fingerprint density at radius 2 is 2.14 bits per heavy atom. The van der Waals surface area contributed by atoms with Gasteiger partial charge < -0.3 is 9.88 Å². The lowest BCUT2D eigenvalue weighted by Crippen LogP contribution is -2.62. The quantitative estimate of drug-likeness (QED) is 0.896. The van der Waals surface area contributed by atoms with Gasteiger partial charge in [0.2, 0.25) is 5.91 Å². The number of aromatic nitrogens is 2. The maximum absolute atomic E-state index is 12.4. The predicted molar refractivity (Wildman–Crippen MR) is 80.5 cm³/mol. The minimum atomic E-state index is -0.207. The summed E-state index contributed by atoms with van der Waals surface area (Å²) in [6, 6.07) is 5.11. The minimum Gasteiger partial charge on any atom is -0.345 e. The van der Waals surface area contributed by atoms with E-state index in [4.69, 9.17) is 0 Å². The molecule has 1 aromatic heterocycles. The van der Waals surface area contributed by atoms with Crippen molar-refractivity contribution < 1.29 is 14.4 Å². The largest absolute Gasteiger partial charge is 0.345 e. The van der Waals surface area contributed by atoms with Crippen LogP contribution in [0.2, 0.25) is 0 Å². The van der Waals surface area contributed by atoms with Crippen molar-refractivity contribution in [1.29, 1.82) is 0 Å². The first-order valence-electron chi connectivity index (χ1n) is 6.85. The first-order valence-corrected chi connectivity index (χ1v) is 7.83. The molecule has 2 aliphatic rings. The van der Waals surface area contributed by atoms with E-state index in [2.05, 4.69) is 9.97 Å². The minimum absolute atomic E-state index is 0.0977. The molecule has 0 radical (unpaired) electrons. The van der Waals surface area contributed by atoms with Crippen molar-refractivity contribution in [2.24, 2.45) is 0 Å². The van der Waals surface area contributed by atoms with Crippen molar-refractivity contribution in [3.8, 4) is 0 Å². The number of fused-ring (bicyclic) bond motifs is 1. The zero-order valence-electron chi connectivity index (χ0n) is 11.5. The number of aromatic amines is 1. The Hall–Kier alpha value is -2.35. The summed E-state index contributed by atoms with van der Waals surface area (Å²) in [5.74, 6) is -0.0507. The number of carbonyl (C=O) groups excluding carboxylic acids is 3. The highest BCUT2D eigenvalue weighted by molar-refractivity contribution is 8.14. The molecule has 7 nitrogen and oxygen atoms in total. The van der Waals surface area contributed by atoms with Gasteiger partial charge in [-0.05, 0) is 18.2 Å². The Bertz CT molecular complexity index is 780. The summed E-state index contributed by atoms with van der Waals surface area (Å²) < 4.78 is 0. The van der Waals surface area contributed by atoms with Crippen LogP contribution < -0.4 is 0 Å². The molecule has 22 heavy (non-hydrogen) atoms. The lowest BCUT2D eigenvalue weighted by atomic mass is 10.0. The molecule has 2 saturated heterocycles. The zero-order valence-corrected chi connectivity index (χ0v) is 12.3. The van der Waals surface area contributed by atoms with Crippen LogP contribution >= 0.6 is 11.8 Å². The summed E-state index contributed by atoms with van der Waals surface area (Å²) in [7, 11) is 0. The summed E-state index contributed by atoms with van der Waals surface area (Å²) in [4.78, 5) is 45.7. The van der Waals surface area contributed by atoms with Crippen LogP contribution in [0.4, 0.5) is 4.79 Å². The highest BCUT2D eigenvalue weighted by atomic mass is 32.2. The zero-order chi connectivity index (χ0) is 15.3. The van der Waals surface area contributed by atoms with Crippen molar-refractivity contribution in [1.82, 2.24) is 19.8 Å². The molecule has 112 valence electrons. The molecule has 0 spiro atoms. The van der Waals surface area contributed by atoms with Gasteiger partial charge in [-0.3, -0.25) is 19.3 Å². The van der Waals surface area contributed by atoms with E-state index in [9.17, 15) is 14.4 Å². The number of imide groups is 1. The number of imidazole rings is 1. The molecule has 1 aromatic carbocycles. The SMILES string of the molecule is O=C(c1ccc2nc[nH]c2c1)N1CC(N2C(=O)CSC2=O)C1. The fourth-order valence-corrected chi connectivity index (χ4v) is 3.53. The summed E-state index contributed by atoms with van der Waals surface area (Å²) in [6.07, 6.45) is 1.58. The van der Waals surface area contributed by atoms with Crippen LogP contribution in [-0.4, -0.2) is 61.7 Å². The lowest BCUT2D eigenvalue weighted by molar-refractivity contribution is -0.128. The van der Waals surface area contributed by atoms with Crippen LogP contribution in [0.1, 0.15) is 10.4 Å². The second kappa shape index (κ2) is 4.84. The third kappa shape index (κ3) is 1.98. The number of hydrogen-bond acceptors (Lipinski definition) is 5. The van der Waals surface area contributed by atoms with Gasteiger partial charge in [-0.2, -0.15) is 0 Å². The molecule has 0 aliphatic carbocycles. The average molecular weight is 316 g/mol. The molecule has 0 saturated carbocycles. The van der Waals surface area contributed by atoms with Crippen LogP contribution in [0.15, 0.2) is 24.5 Å². The van der Waals surface area contributed by atoms with Crippen LogP contribution in [0, 0.1) is 0 Å². The number of nitrogens with one attached hydrogen (secondary N) is 1. The van der Waals surface area contributed by atoms with Gasteiger partial charge in [-0.1, -0.05) is 11.8 Å². The third-order valence-corrected chi connectivity index (χ3v) is 4.80. The van der Waals surface area contributed by atoms with Gasteiger partial charge >= 0.3 is 0 Å². The van der Waals surface area contributed by atoms with Crippen LogP contribution in [0.3, 0.4) is 0 Å². The number of thioether (sulfide) groups is 1. The maximum Gasteiger partial charge on any atom is 0.289 e. The van der Waals surface area contributed by atoms with Crippen molar-refractivity contribution in [2.75, 3.05) is 18.8 Å². The van der Waals surface area contributed by atoms with E-state index >= 15 is 0 Å². The number of benzene rings is 1. The van der Waals surface area contributed by atoms with Crippen LogP contribution in [-0.2, 0) is 4.79 Å². The van der Waals surface area contributed by atoms with Crippen molar-refractivity contribution >= 4 is 39.8 Å². The number of H-pyrrole nitrogens is 1. The number of carbonyl (C=O) groups is 3. The average Bonchev–Trinajstić information content (AvgIpc) is 3.05. The van der Waals surface area contributed by atoms with Gasteiger partial charge in [-0.15, -0.1) is 0 Å². The number of likely N-dealkylation sites (tertiary alicyclic amines) is 1. The fraction of sp³-hybridized carbons (Fsp3) is 0.286. The Balaban J connectivity index is 1.47. The van der Waals surface area contributed by atoms with Crippen molar-refractivity contribution in [3.63, 3.8) is 0 Å². The first kappa shape index (κ1) is 13.3. The summed E-state index contributed by atoms with van der Waals surface area (Å²) in [6.45, 7) is 0.801. The molecule has 4 rings (SSSR count). The van der Waals surface area contributed by atoms with Crippen molar-refractivity contribution in [3.05, 3.63) is 30.1 Å². The van der Waals surface area contributed by atoms with Crippen LogP contribution in [0.25, 0.3) is 11.0 Å². The lowest BCUT2D eigenvalue weighted by Gasteiger charge is -2.42. The molecule has 0 atom stereocenters. The second-order valence-electron chi connectivity index (χ2n) is 5.32.